The van der Waals surface area contributed by atoms with E-state index in [1.807, 2.05) is 0 Å². The third-order valence-electron chi connectivity index (χ3n) is 1.92. The number of rotatable bonds is 4. The van der Waals surface area contributed by atoms with Gasteiger partial charge >= 0.3 is 0 Å². The van der Waals surface area contributed by atoms with Gasteiger partial charge in [0.1, 0.15) is 5.78 Å². The van der Waals surface area contributed by atoms with Gasteiger partial charge in [0.2, 0.25) is 0 Å². The van der Waals surface area contributed by atoms with Gasteiger partial charge in [-0.3, -0.25) is 4.79 Å². The largest absolute Gasteiger partial charge is 0.396 e. The first-order valence-electron chi connectivity index (χ1n) is 3.54. The summed E-state index contributed by atoms with van der Waals surface area (Å²) in [5.74, 6) is 0.629. The maximum Gasteiger partial charge on any atom is 0.140 e. The van der Waals surface area contributed by atoms with Gasteiger partial charge in [-0.2, -0.15) is 0 Å². The molecule has 0 unspecified atom stereocenters. The van der Waals surface area contributed by atoms with Crippen molar-refractivity contribution in [3.63, 3.8) is 0 Å². The standard InChI is InChI=1S/C8H12O2/c1-2-3-8(10)7-4-6(7)5-9/h2,6-7,9H,1,3-5H2/t6-,7+/m0/s1. The summed E-state index contributed by atoms with van der Waals surface area (Å²) in [6.45, 7) is 3.64. The zero-order valence-corrected chi connectivity index (χ0v) is 5.92. The molecule has 0 aromatic rings. The molecule has 0 aliphatic heterocycles. The monoisotopic (exact) mass is 140 g/mol. The highest BCUT2D eigenvalue weighted by molar-refractivity contribution is 5.84. The molecule has 1 rings (SSSR count). The Morgan fingerprint density at radius 3 is 2.90 bits per heavy atom. The molecule has 2 atom stereocenters. The fourth-order valence-electron chi connectivity index (χ4n) is 1.14. The number of Topliss-reactive ketones (excluding diaryl/α,β-unsaturated/α-hetero) is 1. The van der Waals surface area contributed by atoms with Crippen LogP contribution in [-0.4, -0.2) is 17.5 Å². The SMILES string of the molecule is C=CCC(=O)[C@@H]1C[C@H]1CO. The molecule has 0 aromatic carbocycles. The van der Waals surface area contributed by atoms with Crippen molar-refractivity contribution in [2.75, 3.05) is 6.61 Å². The number of carbonyl (C=O) groups is 1. The summed E-state index contributed by atoms with van der Waals surface area (Å²) in [4.78, 5) is 11.0. The van der Waals surface area contributed by atoms with Gasteiger partial charge in [0, 0.05) is 18.9 Å². The van der Waals surface area contributed by atoms with Crippen LogP contribution in [0.4, 0.5) is 0 Å². The molecule has 0 radical (unpaired) electrons. The molecule has 10 heavy (non-hydrogen) atoms. The highest BCUT2D eigenvalue weighted by atomic mass is 16.3. The van der Waals surface area contributed by atoms with E-state index in [1.54, 1.807) is 6.08 Å². The summed E-state index contributed by atoms with van der Waals surface area (Å²) >= 11 is 0. The second-order valence-electron chi connectivity index (χ2n) is 2.74. The van der Waals surface area contributed by atoms with E-state index in [4.69, 9.17) is 5.11 Å². The van der Waals surface area contributed by atoms with Crippen LogP contribution >= 0.6 is 0 Å². The Bertz CT molecular complexity index is 151. The Balaban J connectivity index is 2.25. The molecule has 0 heterocycles. The number of ketones is 1. The van der Waals surface area contributed by atoms with Crippen LogP contribution in [0.2, 0.25) is 0 Å². The van der Waals surface area contributed by atoms with Crippen LogP contribution in [0.25, 0.3) is 0 Å². The molecule has 1 N–H and O–H groups in total. The molecule has 1 aliphatic carbocycles. The maximum absolute atomic E-state index is 11.0. The average molecular weight is 140 g/mol. The minimum absolute atomic E-state index is 0.142. The van der Waals surface area contributed by atoms with E-state index >= 15 is 0 Å². The van der Waals surface area contributed by atoms with Crippen molar-refractivity contribution in [1.82, 2.24) is 0 Å². The van der Waals surface area contributed by atoms with Gasteiger partial charge in [0.15, 0.2) is 0 Å². The predicted octanol–water partition coefficient (Wildman–Crippen LogP) is 0.760. The Morgan fingerprint density at radius 1 is 1.80 bits per heavy atom. The number of aliphatic hydroxyl groups excluding tert-OH is 1. The smallest absolute Gasteiger partial charge is 0.140 e. The highest BCUT2D eigenvalue weighted by Crippen LogP contribution is 2.39. The summed E-state index contributed by atoms with van der Waals surface area (Å²) in [6, 6.07) is 0. The first kappa shape index (κ1) is 7.48. The van der Waals surface area contributed by atoms with Crippen LogP contribution in [0, 0.1) is 11.8 Å². The topological polar surface area (TPSA) is 37.3 Å². The second kappa shape index (κ2) is 2.97. The van der Waals surface area contributed by atoms with Crippen LogP contribution in [0.3, 0.4) is 0 Å². The fourth-order valence-corrected chi connectivity index (χ4v) is 1.14. The third-order valence-corrected chi connectivity index (χ3v) is 1.92. The van der Waals surface area contributed by atoms with E-state index in [-0.39, 0.29) is 24.2 Å². The second-order valence-corrected chi connectivity index (χ2v) is 2.74. The Hall–Kier alpha value is -0.630. The van der Waals surface area contributed by atoms with Gasteiger partial charge in [-0.15, -0.1) is 6.58 Å². The lowest BCUT2D eigenvalue weighted by molar-refractivity contribution is -0.119. The van der Waals surface area contributed by atoms with Crippen molar-refractivity contribution < 1.29 is 9.90 Å². The van der Waals surface area contributed by atoms with Crippen molar-refractivity contribution in [2.45, 2.75) is 12.8 Å². The lowest BCUT2D eigenvalue weighted by Gasteiger charge is -1.91. The summed E-state index contributed by atoms with van der Waals surface area (Å²) in [5.41, 5.74) is 0. The minimum atomic E-state index is 0.142. The normalized spacial score (nSPS) is 29.7. The van der Waals surface area contributed by atoms with E-state index in [0.29, 0.717) is 6.42 Å². The maximum atomic E-state index is 11.0. The van der Waals surface area contributed by atoms with Crippen LogP contribution in [0.15, 0.2) is 12.7 Å². The Kier molecular flexibility index (Phi) is 2.22. The summed E-state index contributed by atoms with van der Waals surface area (Å²) < 4.78 is 0. The van der Waals surface area contributed by atoms with Gasteiger partial charge in [-0.1, -0.05) is 6.08 Å². The van der Waals surface area contributed by atoms with Crippen LogP contribution < -0.4 is 0 Å². The quantitative estimate of drug-likeness (QED) is 0.585. The van der Waals surface area contributed by atoms with Gasteiger partial charge < -0.3 is 5.11 Å². The molecular weight excluding hydrogens is 128 g/mol. The zero-order chi connectivity index (χ0) is 7.56. The van der Waals surface area contributed by atoms with Crippen molar-refractivity contribution in [3.8, 4) is 0 Å². The van der Waals surface area contributed by atoms with Gasteiger partial charge in [0.25, 0.3) is 0 Å². The number of allylic oxidation sites excluding steroid dienone is 1. The summed E-state index contributed by atoms with van der Waals surface area (Å²) in [5, 5.41) is 8.62. The zero-order valence-electron chi connectivity index (χ0n) is 5.92. The molecule has 0 aromatic heterocycles. The lowest BCUT2D eigenvalue weighted by atomic mass is 10.1. The van der Waals surface area contributed by atoms with Crippen molar-refractivity contribution in [1.29, 1.82) is 0 Å². The van der Waals surface area contributed by atoms with Crippen molar-refractivity contribution >= 4 is 5.78 Å². The van der Waals surface area contributed by atoms with Gasteiger partial charge in [0.05, 0.1) is 0 Å². The van der Waals surface area contributed by atoms with Crippen LogP contribution in [-0.2, 0) is 4.79 Å². The minimum Gasteiger partial charge on any atom is -0.396 e. The van der Waals surface area contributed by atoms with E-state index in [1.165, 1.54) is 0 Å². The highest BCUT2D eigenvalue weighted by Gasteiger charge is 2.40. The molecule has 0 spiro atoms. The van der Waals surface area contributed by atoms with Crippen molar-refractivity contribution in [3.05, 3.63) is 12.7 Å². The number of hydrogen-bond acceptors (Lipinski definition) is 2. The summed E-state index contributed by atoms with van der Waals surface area (Å²) in [6.07, 6.45) is 2.96. The van der Waals surface area contributed by atoms with Crippen LogP contribution in [0.5, 0.6) is 0 Å². The molecule has 2 nitrogen and oxygen atoms in total. The average Bonchev–Trinajstić information content (AvgIpc) is 2.66. The number of carbonyl (C=O) groups excluding carboxylic acids is 1. The third kappa shape index (κ3) is 1.45. The lowest BCUT2D eigenvalue weighted by Crippen LogP contribution is -2.01. The molecule has 1 aliphatic rings. The van der Waals surface area contributed by atoms with E-state index in [2.05, 4.69) is 6.58 Å². The van der Waals surface area contributed by atoms with E-state index < -0.39 is 0 Å². The van der Waals surface area contributed by atoms with Crippen LogP contribution in [0.1, 0.15) is 12.8 Å². The molecule has 1 fully saturated rings. The predicted molar refractivity (Wildman–Crippen MR) is 38.5 cm³/mol. The molecule has 0 bridgehead atoms. The van der Waals surface area contributed by atoms with Crippen molar-refractivity contribution in [2.24, 2.45) is 11.8 Å². The first-order valence-corrected chi connectivity index (χ1v) is 3.54. The molecular formula is C8H12O2. The summed E-state index contributed by atoms with van der Waals surface area (Å²) in [7, 11) is 0. The Labute approximate surface area is 60.6 Å². The molecule has 0 saturated heterocycles. The molecule has 1 saturated carbocycles. The van der Waals surface area contributed by atoms with E-state index in [9.17, 15) is 4.79 Å². The van der Waals surface area contributed by atoms with E-state index in [0.717, 1.165) is 6.42 Å². The fraction of sp³-hybridized carbons (Fsp3) is 0.625. The molecule has 0 amide bonds. The number of hydrogen-bond donors (Lipinski definition) is 1. The van der Waals surface area contributed by atoms with Gasteiger partial charge in [-0.05, 0) is 12.3 Å². The Morgan fingerprint density at radius 2 is 2.50 bits per heavy atom. The molecule has 2 heteroatoms. The first-order chi connectivity index (χ1) is 4.79. The van der Waals surface area contributed by atoms with Gasteiger partial charge in [-0.25, -0.2) is 0 Å². The molecule has 56 valence electrons. The number of aliphatic hydroxyl groups is 1.